The molecule has 3 aromatic carbocycles. The summed E-state index contributed by atoms with van der Waals surface area (Å²) in [5.74, 6) is -0.787. The number of benzene rings is 3. The molecule has 0 aliphatic carbocycles. The van der Waals surface area contributed by atoms with Crippen LogP contribution >= 0.6 is 0 Å². The van der Waals surface area contributed by atoms with Gasteiger partial charge in [0.1, 0.15) is 5.82 Å². The van der Waals surface area contributed by atoms with Gasteiger partial charge in [-0.05, 0) is 29.8 Å². The molecule has 4 nitrogen and oxygen atoms in total. The zero-order chi connectivity index (χ0) is 18.6. The molecule has 0 amide bonds. The summed E-state index contributed by atoms with van der Waals surface area (Å²) < 4.78 is 40.6. The van der Waals surface area contributed by atoms with Gasteiger partial charge in [0.15, 0.2) is 5.78 Å². The van der Waals surface area contributed by atoms with Crippen LogP contribution in [0.25, 0.3) is 11.1 Å². The fourth-order valence-corrected chi connectivity index (χ4v) is 3.50. The van der Waals surface area contributed by atoms with E-state index in [-0.39, 0.29) is 17.3 Å². The van der Waals surface area contributed by atoms with Gasteiger partial charge >= 0.3 is 0 Å². The molecule has 3 rings (SSSR count). The van der Waals surface area contributed by atoms with Gasteiger partial charge in [-0.25, -0.2) is 17.5 Å². The van der Waals surface area contributed by atoms with E-state index in [9.17, 15) is 17.6 Å². The second-order valence-electron chi connectivity index (χ2n) is 5.62. The lowest BCUT2D eigenvalue weighted by Gasteiger charge is -2.08. The third kappa shape index (κ3) is 4.04. The maximum Gasteiger partial charge on any atom is 0.240 e. The normalized spacial score (nSPS) is 11.3. The second-order valence-corrected chi connectivity index (χ2v) is 7.39. The molecule has 1 N–H and O–H groups in total. The molecule has 0 saturated carbocycles. The molecular weight excluding hydrogens is 353 g/mol. The number of hydrogen-bond acceptors (Lipinski definition) is 3. The number of ketones is 1. The van der Waals surface area contributed by atoms with Gasteiger partial charge < -0.3 is 0 Å². The van der Waals surface area contributed by atoms with E-state index in [1.807, 2.05) is 0 Å². The van der Waals surface area contributed by atoms with Crippen molar-refractivity contribution in [2.45, 2.75) is 4.90 Å². The monoisotopic (exact) mass is 369 g/mol. The van der Waals surface area contributed by atoms with Crippen LogP contribution in [-0.2, 0) is 10.0 Å². The molecule has 0 unspecified atom stereocenters. The van der Waals surface area contributed by atoms with E-state index in [1.165, 1.54) is 18.2 Å². The summed E-state index contributed by atoms with van der Waals surface area (Å²) in [5, 5.41) is 0. The van der Waals surface area contributed by atoms with Gasteiger partial charge in [-0.15, -0.1) is 0 Å². The second kappa shape index (κ2) is 7.59. The van der Waals surface area contributed by atoms with Crippen molar-refractivity contribution in [3.05, 3.63) is 90.2 Å². The van der Waals surface area contributed by atoms with E-state index in [4.69, 9.17) is 0 Å². The molecule has 0 spiro atoms. The SMILES string of the molecule is O=C(CNS(=O)(=O)c1ccccc1)c1cccc(-c2ccccc2F)c1. The Bertz CT molecular complexity index is 1030. The minimum Gasteiger partial charge on any atom is -0.293 e. The lowest BCUT2D eigenvalue weighted by molar-refractivity contribution is 0.0997. The van der Waals surface area contributed by atoms with Crippen LogP contribution in [0.3, 0.4) is 0 Å². The first-order valence-electron chi connectivity index (χ1n) is 7.90. The van der Waals surface area contributed by atoms with Gasteiger partial charge in [-0.1, -0.05) is 54.6 Å². The third-order valence-electron chi connectivity index (χ3n) is 3.85. The molecule has 0 bridgehead atoms. The highest BCUT2D eigenvalue weighted by Crippen LogP contribution is 2.23. The Balaban J connectivity index is 1.77. The minimum atomic E-state index is -3.76. The summed E-state index contributed by atoms with van der Waals surface area (Å²) in [5.41, 5.74) is 1.24. The van der Waals surface area contributed by atoms with Gasteiger partial charge in [0.05, 0.1) is 11.4 Å². The molecule has 6 heteroatoms. The van der Waals surface area contributed by atoms with E-state index in [1.54, 1.807) is 60.7 Å². The third-order valence-corrected chi connectivity index (χ3v) is 5.26. The summed E-state index contributed by atoms with van der Waals surface area (Å²) in [6.07, 6.45) is 0. The number of carbonyl (C=O) groups excluding carboxylic acids is 1. The van der Waals surface area contributed by atoms with Crippen LogP contribution in [0.5, 0.6) is 0 Å². The van der Waals surface area contributed by atoms with Gasteiger partial charge in [0.25, 0.3) is 0 Å². The molecule has 26 heavy (non-hydrogen) atoms. The molecule has 0 saturated heterocycles. The van der Waals surface area contributed by atoms with Crippen LogP contribution in [0.2, 0.25) is 0 Å². The maximum atomic E-state index is 13.9. The Morgan fingerprint density at radius 3 is 2.31 bits per heavy atom. The van der Waals surface area contributed by atoms with Gasteiger partial charge in [0.2, 0.25) is 10.0 Å². The summed E-state index contributed by atoms with van der Waals surface area (Å²) >= 11 is 0. The maximum absolute atomic E-state index is 13.9. The van der Waals surface area contributed by atoms with Crippen molar-refractivity contribution in [3.8, 4) is 11.1 Å². The largest absolute Gasteiger partial charge is 0.293 e. The quantitative estimate of drug-likeness (QED) is 0.675. The average Bonchev–Trinajstić information content (AvgIpc) is 2.67. The highest BCUT2D eigenvalue weighted by atomic mass is 32.2. The van der Waals surface area contributed by atoms with Gasteiger partial charge in [-0.3, -0.25) is 4.79 Å². The van der Waals surface area contributed by atoms with Crippen LogP contribution in [0.15, 0.2) is 83.8 Å². The number of carbonyl (C=O) groups is 1. The van der Waals surface area contributed by atoms with Crippen molar-refractivity contribution in [2.24, 2.45) is 0 Å². The number of sulfonamides is 1. The molecule has 0 atom stereocenters. The van der Waals surface area contributed by atoms with Crippen LogP contribution in [0.4, 0.5) is 4.39 Å². The number of nitrogens with one attached hydrogen (secondary N) is 1. The van der Waals surface area contributed by atoms with Crippen LogP contribution < -0.4 is 4.72 Å². The topological polar surface area (TPSA) is 63.2 Å². The summed E-state index contributed by atoms with van der Waals surface area (Å²) in [7, 11) is -3.76. The highest BCUT2D eigenvalue weighted by Gasteiger charge is 2.16. The smallest absolute Gasteiger partial charge is 0.240 e. The Morgan fingerprint density at radius 1 is 0.885 bits per heavy atom. The van der Waals surface area contributed by atoms with Crippen LogP contribution in [0, 0.1) is 5.82 Å². The van der Waals surface area contributed by atoms with E-state index >= 15 is 0 Å². The van der Waals surface area contributed by atoms with E-state index < -0.39 is 15.8 Å². The molecule has 0 radical (unpaired) electrons. The van der Waals surface area contributed by atoms with E-state index in [0.29, 0.717) is 16.7 Å². The lowest BCUT2D eigenvalue weighted by Crippen LogP contribution is -2.29. The number of hydrogen-bond donors (Lipinski definition) is 1. The standard InChI is InChI=1S/C20H16FNO3S/c21-19-12-5-4-11-18(19)15-7-6-8-16(13-15)20(23)14-22-26(24,25)17-9-2-1-3-10-17/h1-13,22H,14H2. The Hall–Kier alpha value is -2.83. The Labute approximate surface area is 151 Å². The van der Waals surface area contributed by atoms with E-state index in [0.717, 1.165) is 0 Å². The van der Waals surface area contributed by atoms with Gasteiger partial charge in [-0.2, -0.15) is 0 Å². The fourth-order valence-electron chi connectivity index (χ4n) is 2.50. The molecule has 0 heterocycles. The Kier molecular flexibility index (Phi) is 5.25. The average molecular weight is 369 g/mol. The molecule has 0 fully saturated rings. The Morgan fingerprint density at radius 2 is 1.58 bits per heavy atom. The van der Waals surface area contributed by atoms with Gasteiger partial charge in [0, 0.05) is 11.1 Å². The summed E-state index contributed by atoms with van der Waals surface area (Å²) in [4.78, 5) is 12.5. The highest BCUT2D eigenvalue weighted by molar-refractivity contribution is 7.89. The molecule has 0 aliphatic heterocycles. The van der Waals surface area contributed by atoms with Crippen molar-refractivity contribution in [3.63, 3.8) is 0 Å². The fraction of sp³-hybridized carbons (Fsp3) is 0.0500. The first-order chi connectivity index (χ1) is 12.5. The van der Waals surface area contributed by atoms with Crippen molar-refractivity contribution >= 4 is 15.8 Å². The lowest BCUT2D eigenvalue weighted by atomic mass is 10.0. The molecule has 132 valence electrons. The molecule has 0 aliphatic rings. The van der Waals surface area contributed by atoms with Crippen molar-refractivity contribution in [1.29, 1.82) is 0 Å². The minimum absolute atomic E-state index is 0.0907. The van der Waals surface area contributed by atoms with Crippen LogP contribution in [0.1, 0.15) is 10.4 Å². The summed E-state index contributed by atoms with van der Waals surface area (Å²) in [6.45, 7) is -0.377. The number of Topliss-reactive ketones (excluding diaryl/α,β-unsaturated/α-hetero) is 1. The first kappa shape index (κ1) is 18.0. The van der Waals surface area contributed by atoms with Crippen LogP contribution in [-0.4, -0.2) is 20.7 Å². The predicted molar refractivity (Wildman–Crippen MR) is 97.8 cm³/mol. The van der Waals surface area contributed by atoms with Crippen molar-refractivity contribution < 1.29 is 17.6 Å². The summed E-state index contributed by atoms with van der Waals surface area (Å²) in [6, 6.07) is 20.5. The van der Waals surface area contributed by atoms with E-state index in [2.05, 4.69) is 4.72 Å². The first-order valence-corrected chi connectivity index (χ1v) is 9.38. The predicted octanol–water partition coefficient (Wildman–Crippen LogP) is 3.65. The number of rotatable bonds is 6. The zero-order valence-corrected chi connectivity index (χ0v) is 14.5. The zero-order valence-electron chi connectivity index (χ0n) is 13.7. The molecule has 3 aromatic rings. The molecule has 0 aromatic heterocycles. The van der Waals surface area contributed by atoms with Crippen molar-refractivity contribution in [1.82, 2.24) is 4.72 Å². The van der Waals surface area contributed by atoms with Crippen molar-refractivity contribution in [2.75, 3.05) is 6.54 Å². The number of halogens is 1. The molecular formula is C20H16FNO3S.